The van der Waals surface area contributed by atoms with E-state index < -0.39 is 4.92 Å². The summed E-state index contributed by atoms with van der Waals surface area (Å²) >= 11 is 3.21. The Morgan fingerprint density at radius 1 is 1.80 bits per heavy atom. The lowest BCUT2D eigenvalue weighted by Crippen LogP contribution is -2.12. The number of aromatic nitrogens is 1. The predicted octanol–water partition coefficient (Wildman–Crippen LogP) is 2.74. The van der Waals surface area contributed by atoms with E-state index in [1.54, 1.807) is 6.08 Å². The van der Waals surface area contributed by atoms with Crippen molar-refractivity contribution in [3.63, 3.8) is 0 Å². The standard InChI is InChI=1S/C9H10BrN3O2/c1-3-6(2)12-9-8(10)4-7(5-11-9)13(14)15/h3-6H,1H2,2H3,(H,11,12). The molecule has 1 aromatic rings. The van der Waals surface area contributed by atoms with Crippen molar-refractivity contribution in [2.24, 2.45) is 0 Å². The fourth-order valence-electron chi connectivity index (χ4n) is 0.908. The maximum atomic E-state index is 10.5. The number of nitrogens with zero attached hydrogens (tertiary/aromatic N) is 2. The number of nitrogens with one attached hydrogen (secondary N) is 1. The first kappa shape index (κ1) is 11.6. The molecule has 1 N–H and O–H groups in total. The Morgan fingerprint density at radius 3 is 2.93 bits per heavy atom. The van der Waals surface area contributed by atoms with Crippen LogP contribution in [0.4, 0.5) is 11.5 Å². The molecule has 0 aromatic carbocycles. The van der Waals surface area contributed by atoms with Crippen molar-refractivity contribution in [1.82, 2.24) is 4.98 Å². The molecule has 5 nitrogen and oxygen atoms in total. The molecule has 1 rings (SSSR count). The second-order valence-electron chi connectivity index (χ2n) is 2.95. The quantitative estimate of drug-likeness (QED) is 0.520. The minimum Gasteiger partial charge on any atom is -0.363 e. The molecule has 1 atom stereocenters. The molecule has 6 heteroatoms. The van der Waals surface area contributed by atoms with Gasteiger partial charge in [-0.05, 0) is 22.9 Å². The summed E-state index contributed by atoms with van der Waals surface area (Å²) in [6, 6.07) is 1.46. The van der Waals surface area contributed by atoms with Gasteiger partial charge in [-0.25, -0.2) is 4.98 Å². The summed E-state index contributed by atoms with van der Waals surface area (Å²) in [4.78, 5) is 13.9. The SMILES string of the molecule is C=CC(C)Nc1ncc([N+](=O)[O-])cc1Br. The summed E-state index contributed by atoms with van der Waals surface area (Å²) < 4.78 is 0.561. The molecule has 1 heterocycles. The molecule has 0 radical (unpaired) electrons. The molecule has 0 aliphatic carbocycles. The van der Waals surface area contributed by atoms with E-state index in [-0.39, 0.29) is 11.7 Å². The van der Waals surface area contributed by atoms with Crippen LogP contribution in [0.2, 0.25) is 0 Å². The van der Waals surface area contributed by atoms with Gasteiger partial charge in [0.05, 0.1) is 9.40 Å². The van der Waals surface area contributed by atoms with Crippen LogP contribution in [0.5, 0.6) is 0 Å². The lowest BCUT2D eigenvalue weighted by Gasteiger charge is -2.10. The van der Waals surface area contributed by atoms with Crippen molar-refractivity contribution in [2.45, 2.75) is 13.0 Å². The molecule has 0 saturated heterocycles. The van der Waals surface area contributed by atoms with Crippen molar-refractivity contribution in [3.8, 4) is 0 Å². The van der Waals surface area contributed by atoms with Crippen LogP contribution in [0, 0.1) is 10.1 Å². The molecule has 80 valence electrons. The minimum atomic E-state index is -0.488. The van der Waals surface area contributed by atoms with Gasteiger partial charge in [-0.3, -0.25) is 10.1 Å². The lowest BCUT2D eigenvalue weighted by atomic mass is 10.3. The first-order valence-corrected chi connectivity index (χ1v) is 5.03. The van der Waals surface area contributed by atoms with Gasteiger partial charge < -0.3 is 5.32 Å². The Labute approximate surface area is 95.5 Å². The maximum absolute atomic E-state index is 10.5. The summed E-state index contributed by atoms with van der Waals surface area (Å²) in [5.74, 6) is 0.563. The summed E-state index contributed by atoms with van der Waals surface area (Å²) in [6.45, 7) is 5.52. The van der Waals surface area contributed by atoms with Gasteiger partial charge in [-0.1, -0.05) is 6.08 Å². The third-order valence-corrected chi connectivity index (χ3v) is 2.36. The van der Waals surface area contributed by atoms with E-state index in [0.29, 0.717) is 10.3 Å². The van der Waals surface area contributed by atoms with Crippen molar-refractivity contribution in [1.29, 1.82) is 0 Å². The van der Waals surface area contributed by atoms with Gasteiger partial charge in [0.2, 0.25) is 0 Å². The molecule has 0 fully saturated rings. The van der Waals surface area contributed by atoms with Crippen molar-refractivity contribution in [3.05, 3.63) is 39.5 Å². The van der Waals surface area contributed by atoms with Crippen molar-refractivity contribution < 1.29 is 4.92 Å². The molecule has 0 amide bonds. The largest absolute Gasteiger partial charge is 0.363 e. The Balaban J connectivity index is 2.93. The minimum absolute atomic E-state index is 0.0429. The summed E-state index contributed by atoms with van der Waals surface area (Å²) in [7, 11) is 0. The fourth-order valence-corrected chi connectivity index (χ4v) is 1.36. The van der Waals surface area contributed by atoms with Gasteiger partial charge in [0.25, 0.3) is 5.69 Å². The van der Waals surface area contributed by atoms with E-state index in [4.69, 9.17) is 0 Å². The number of hydrogen-bond acceptors (Lipinski definition) is 4. The predicted molar refractivity (Wildman–Crippen MR) is 61.9 cm³/mol. The number of halogens is 1. The lowest BCUT2D eigenvalue weighted by molar-refractivity contribution is -0.385. The summed E-state index contributed by atoms with van der Waals surface area (Å²) in [5.41, 5.74) is -0.0429. The van der Waals surface area contributed by atoms with Crippen LogP contribution in [0.3, 0.4) is 0 Å². The molecular formula is C9H10BrN3O2. The van der Waals surface area contributed by atoms with Gasteiger partial charge in [0.1, 0.15) is 12.0 Å². The van der Waals surface area contributed by atoms with E-state index in [1.165, 1.54) is 12.3 Å². The highest BCUT2D eigenvalue weighted by Gasteiger charge is 2.10. The van der Waals surface area contributed by atoms with E-state index in [9.17, 15) is 10.1 Å². The average molecular weight is 272 g/mol. The molecule has 0 bridgehead atoms. The zero-order valence-corrected chi connectivity index (χ0v) is 9.69. The summed E-state index contributed by atoms with van der Waals surface area (Å²) in [5, 5.41) is 13.5. The number of anilines is 1. The number of pyridine rings is 1. The molecule has 1 aromatic heterocycles. The summed E-state index contributed by atoms with van der Waals surface area (Å²) in [6.07, 6.45) is 2.93. The van der Waals surface area contributed by atoms with E-state index in [2.05, 4.69) is 32.8 Å². The van der Waals surface area contributed by atoms with Gasteiger partial charge in [0.15, 0.2) is 0 Å². The van der Waals surface area contributed by atoms with Crippen LogP contribution in [0.15, 0.2) is 29.4 Å². The van der Waals surface area contributed by atoms with Crippen LogP contribution < -0.4 is 5.32 Å². The van der Waals surface area contributed by atoms with Gasteiger partial charge in [-0.15, -0.1) is 6.58 Å². The Bertz CT molecular complexity index is 395. The molecule has 15 heavy (non-hydrogen) atoms. The molecule has 0 saturated carbocycles. The third-order valence-electron chi connectivity index (χ3n) is 1.76. The van der Waals surface area contributed by atoms with E-state index in [0.717, 1.165) is 0 Å². The normalized spacial score (nSPS) is 11.9. The van der Waals surface area contributed by atoms with Crippen LogP contribution in [-0.2, 0) is 0 Å². The number of rotatable bonds is 4. The van der Waals surface area contributed by atoms with Gasteiger partial charge in [-0.2, -0.15) is 0 Å². The van der Waals surface area contributed by atoms with Crippen LogP contribution in [0.1, 0.15) is 6.92 Å². The maximum Gasteiger partial charge on any atom is 0.288 e. The molecule has 0 spiro atoms. The zero-order chi connectivity index (χ0) is 11.4. The molecular weight excluding hydrogens is 262 g/mol. The third kappa shape index (κ3) is 3.02. The first-order chi connectivity index (χ1) is 7.04. The second kappa shape index (κ2) is 4.88. The number of nitro groups is 1. The highest BCUT2D eigenvalue weighted by atomic mass is 79.9. The topological polar surface area (TPSA) is 68.1 Å². The Kier molecular flexibility index (Phi) is 3.79. The smallest absolute Gasteiger partial charge is 0.288 e. The average Bonchev–Trinajstić information content (AvgIpc) is 2.20. The highest BCUT2D eigenvalue weighted by molar-refractivity contribution is 9.10. The highest BCUT2D eigenvalue weighted by Crippen LogP contribution is 2.24. The van der Waals surface area contributed by atoms with E-state index >= 15 is 0 Å². The molecule has 1 unspecified atom stereocenters. The van der Waals surface area contributed by atoms with Gasteiger partial charge >= 0.3 is 0 Å². The van der Waals surface area contributed by atoms with Crippen LogP contribution in [0.25, 0.3) is 0 Å². The Hall–Kier alpha value is -1.43. The van der Waals surface area contributed by atoms with Gasteiger partial charge in [0, 0.05) is 12.1 Å². The first-order valence-electron chi connectivity index (χ1n) is 4.23. The van der Waals surface area contributed by atoms with Crippen LogP contribution in [-0.4, -0.2) is 15.9 Å². The molecule has 0 aliphatic heterocycles. The van der Waals surface area contributed by atoms with E-state index in [1.807, 2.05) is 6.92 Å². The van der Waals surface area contributed by atoms with Crippen LogP contribution >= 0.6 is 15.9 Å². The monoisotopic (exact) mass is 271 g/mol. The Morgan fingerprint density at radius 2 is 2.47 bits per heavy atom. The molecule has 0 aliphatic rings. The second-order valence-corrected chi connectivity index (χ2v) is 3.80. The fraction of sp³-hybridized carbons (Fsp3) is 0.222. The zero-order valence-electron chi connectivity index (χ0n) is 8.11. The van der Waals surface area contributed by atoms with Crippen molar-refractivity contribution in [2.75, 3.05) is 5.32 Å². The van der Waals surface area contributed by atoms with Crippen molar-refractivity contribution >= 4 is 27.4 Å². The number of hydrogen-bond donors (Lipinski definition) is 1.